The summed E-state index contributed by atoms with van der Waals surface area (Å²) in [7, 11) is 0. The van der Waals surface area contributed by atoms with Crippen LogP contribution in [0.3, 0.4) is 0 Å². The van der Waals surface area contributed by atoms with E-state index < -0.39 is 23.7 Å². The van der Waals surface area contributed by atoms with E-state index in [9.17, 15) is 19.8 Å². The minimum atomic E-state index is -0.910. The van der Waals surface area contributed by atoms with Crippen molar-refractivity contribution >= 4 is 17.7 Å². The van der Waals surface area contributed by atoms with Crippen LogP contribution in [0.1, 0.15) is 56.3 Å². The molecule has 1 unspecified atom stereocenters. The highest BCUT2D eigenvalue weighted by Gasteiger charge is 2.22. The SMILES string of the molecule is CC(C)(C)OC(=O)NC(CO)c1cccc(-c2cc(COc3ccccc3CC(=O)O)cc(NCC3CC3)c2)c1. The molecule has 40 heavy (non-hydrogen) atoms. The first kappa shape index (κ1) is 29.0. The van der Waals surface area contributed by atoms with Crippen LogP contribution in [0.5, 0.6) is 5.75 Å². The van der Waals surface area contributed by atoms with E-state index in [1.165, 1.54) is 12.8 Å². The van der Waals surface area contributed by atoms with Gasteiger partial charge in [-0.15, -0.1) is 0 Å². The molecule has 4 N–H and O–H groups in total. The number of amides is 1. The molecule has 0 saturated heterocycles. The fourth-order valence-corrected chi connectivity index (χ4v) is 4.36. The maximum absolute atomic E-state index is 12.4. The zero-order valence-electron chi connectivity index (χ0n) is 23.3. The number of nitrogens with one attached hydrogen (secondary N) is 2. The summed E-state index contributed by atoms with van der Waals surface area (Å²) in [6.45, 7) is 6.26. The predicted octanol–water partition coefficient (Wildman–Crippen LogP) is 5.94. The van der Waals surface area contributed by atoms with Crippen LogP contribution in [0.2, 0.25) is 0 Å². The first-order chi connectivity index (χ1) is 19.1. The molecule has 1 amide bonds. The zero-order valence-corrected chi connectivity index (χ0v) is 23.3. The van der Waals surface area contributed by atoms with Gasteiger partial charge >= 0.3 is 12.1 Å². The maximum atomic E-state index is 12.4. The second-order valence-electron chi connectivity index (χ2n) is 11.2. The van der Waals surface area contributed by atoms with Gasteiger partial charge in [-0.25, -0.2) is 4.79 Å². The van der Waals surface area contributed by atoms with Crippen LogP contribution in [0, 0.1) is 5.92 Å². The van der Waals surface area contributed by atoms with Gasteiger partial charge in [-0.1, -0.05) is 36.4 Å². The monoisotopic (exact) mass is 546 g/mol. The fourth-order valence-electron chi connectivity index (χ4n) is 4.36. The van der Waals surface area contributed by atoms with Gasteiger partial charge in [-0.3, -0.25) is 4.79 Å². The van der Waals surface area contributed by atoms with Gasteiger partial charge < -0.3 is 30.3 Å². The largest absolute Gasteiger partial charge is 0.489 e. The number of rotatable bonds is 12. The highest BCUT2D eigenvalue weighted by atomic mass is 16.6. The van der Waals surface area contributed by atoms with Gasteiger partial charge in [-0.05, 0) is 92.1 Å². The number of hydrogen-bond donors (Lipinski definition) is 4. The molecular weight excluding hydrogens is 508 g/mol. The third kappa shape index (κ3) is 8.74. The van der Waals surface area contributed by atoms with Crippen LogP contribution in [-0.4, -0.2) is 41.0 Å². The Hall–Kier alpha value is -4.04. The van der Waals surface area contributed by atoms with E-state index in [1.807, 2.05) is 36.4 Å². The van der Waals surface area contributed by atoms with Crippen molar-refractivity contribution in [3.05, 3.63) is 83.4 Å². The van der Waals surface area contributed by atoms with Crippen LogP contribution in [0.15, 0.2) is 66.7 Å². The molecule has 0 heterocycles. The Kier molecular flexibility index (Phi) is 9.32. The number of para-hydroxylation sites is 1. The Morgan fingerprint density at radius 3 is 2.48 bits per heavy atom. The molecule has 1 aliphatic carbocycles. The van der Waals surface area contributed by atoms with E-state index in [4.69, 9.17) is 9.47 Å². The van der Waals surface area contributed by atoms with Crippen LogP contribution >= 0.6 is 0 Å². The third-order valence-corrected chi connectivity index (χ3v) is 6.49. The lowest BCUT2D eigenvalue weighted by Gasteiger charge is -2.23. The fraction of sp³-hybridized carbons (Fsp3) is 0.375. The van der Waals surface area contributed by atoms with Crippen LogP contribution in [0.25, 0.3) is 11.1 Å². The van der Waals surface area contributed by atoms with Crippen LogP contribution < -0.4 is 15.4 Å². The highest BCUT2D eigenvalue weighted by Crippen LogP contribution is 2.32. The number of benzene rings is 3. The molecule has 0 bridgehead atoms. The summed E-state index contributed by atoms with van der Waals surface area (Å²) in [5.74, 6) is 0.328. The molecule has 3 aromatic carbocycles. The lowest BCUT2D eigenvalue weighted by atomic mass is 9.98. The summed E-state index contributed by atoms with van der Waals surface area (Å²) < 4.78 is 11.5. The number of ether oxygens (including phenoxy) is 2. The summed E-state index contributed by atoms with van der Waals surface area (Å²) in [4.78, 5) is 23.6. The van der Waals surface area contributed by atoms with Crippen molar-refractivity contribution in [3.63, 3.8) is 0 Å². The zero-order chi connectivity index (χ0) is 28.7. The molecule has 1 fully saturated rings. The summed E-state index contributed by atoms with van der Waals surface area (Å²) in [5.41, 5.74) is 4.50. The second kappa shape index (κ2) is 12.9. The van der Waals surface area contributed by atoms with Crippen molar-refractivity contribution < 1.29 is 29.3 Å². The summed E-state index contributed by atoms with van der Waals surface area (Å²) in [6.07, 6.45) is 1.77. The van der Waals surface area contributed by atoms with Crippen molar-refractivity contribution in [3.8, 4) is 16.9 Å². The van der Waals surface area contributed by atoms with Crippen molar-refractivity contribution in [2.24, 2.45) is 5.92 Å². The number of carboxylic acid groups (broad SMARTS) is 1. The van der Waals surface area contributed by atoms with E-state index >= 15 is 0 Å². The Balaban J connectivity index is 1.58. The molecule has 0 aromatic heterocycles. The topological polar surface area (TPSA) is 117 Å². The number of carbonyl (C=O) groups excluding carboxylic acids is 1. The van der Waals surface area contributed by atoms with Crippen LogP contribution in [0.4, 0.5) is 10.5 Å². The van der Waals surface area contributed by atoms with E-state index in [1.54, 1.807) is 39.0 Å². The Morgan fingerprint density at radius 2 is 1.77 bits per heavy atom. The van der Waals surface area contributed by atoms with Crippen molar-refractivity contribution in [2.75, 3.05) is 18.5 Å². The molecule has 0 spiro atoms. The molecule has 8 heteroatoms. The second-order valence-corrected chi connectivity index (χ2v) is 11.2. The van der Waals surface area contributed by atoms with Gasteiger partial charge in [0.05, 0.1) is 19.1 Å². The number of aliphatic hydroxyl groups excluding tert-OH is 1. The highest BCUT2D eigenvalue weighted by molar-refractivity contribution is 5.72. The molecule has 0 radical (unpaired) electrons. The average molecular weight is 547 g/mol. The number of carboxylic acids is 1. The molecule has 1 saturated carbocycles. The molecule has 212 valence electrons. The van der Waals surface area contributed by atoms with Gasteiger partial charge in [-0.2, -0.15) is 0 Å². The summed E-state index contributed by atoms with van der Waals surface area (Å²) in [6, 6.07) is 20.4. The van der Waals surface area contributed by atoms with Crippen molar-refractivity contribution in [1.29, 1.82) is 0 Å². The number of carbonyl (C=O) groups is 2. The normalized spacial score (nSPS) is 13.8. The van der Waals surface area contributed by atoms with E-state index in [0.29, 0.717) is 17.2 Å². The van der Waals surface area contributed by atoms with Crippen molar-refractivity contribution in [2.45, 2.75) is 58.3 Å². The number of hydrogen-bond acceptors (Lipinski definition) is 6. The maximum Gasteiger partial charge on any atom is 0.408 e. The van der Waals surface area contributed by atoms with Crippen molar-refractivity contribution in [1.82, 2.24) is 5.32 Å². The number of alkyl carbamates (subject to hydrolysis) is 1. The average Bonchev–Trinajstić information content (AvgIpc) is 3.73. The van der Waals surface area contributed by atoms with Gasteiger partial charge in [0.1, 0.15) is 18.0 Å². The Morgan fingerprint density at radius 1 is 1.00 bits per heavy atom. The smallest absolute Gasteiger partial charge is 0.408 e. The first-order valence-electron chi connectivity index (χ1n) is 13.6. The molecule has 0 aliphatic heterocycles. The minimum absolute atomic E-state index is 0.111. The third-order valence-electron chi connectivity index (χ3n) is 6.49. The molecule has 3 aromatic rings. The standard InChI is InChI=1S/C32H38N2O6/c1-32(2,3)40-31(38)34-28(19-35)24-9-6-8-23(15-24)26-13-22(14-27(16-26)33-18-21-11-12-21)20-39-29-10-5-4-7-25(29)17-30(36)37/h4-10,13-16,21,28,33,35H,11-12,17-20H2,1-3H3,(H,34,38)(H,36,37). The lowest BCUT2D eigenvalue weighted by molar-refractivity contribution is -0.136. The van der Waals surface area contributed by atoms with Gasteiger partial charge in [0, 0.05) is 17.8 Å². The molecule has 1 atom stereocenters. The van der Waals surface area contributed by atoms with E-state index in [0.717, 1.165) is 34.5 Å². The quantitative estimate of drug-likeness (QED) is 0.222. The molecule has 8 nitrogen and oxygen atoms in total. The number of aliphatic hydroxyl groups is 1. The Bertz CT molecular complexity index is 1330. The van der Waals surface area contributed by atoms with Gasteiger partial charge in [0.25, 0.3) is 0 Å². The molecule has 1 aliphatic rings. The predicted molar refractivity (Wildman–Crippen MR) is 154 cm³/mol. The number of aliphatic carboxylic acids is 1. The van der Waals surface area contributed by atoms with E-state index in [-0.39, 0.29) is 19.6 Å². The molecule has 4 rings (SSSR count). The minimum Gasteiger partial charge on any atom is -0.489 e. The number of anilines is 1. The summed E-state index contributed by atoms with van der Waals surface area (Å²) >= 11 is 0. The summed E-state index contributed by atoms with van der Waals surface area (Å²) in [5, 5.41) is 25.6. The Labute approximate surface area is 235 Å². The lowest BCUT2D eigenvalue weighted by Crippen LogP contribution is -2.36. The van der Waals surface area contributed by atoms with Gasteiger partial charge in [0.2, 0.25) is 0 Å². The van der Waals surface area contributed by atoms with E-state index in [2.05, 4.69) is 22.8 Å². The van der Waals surface area contributed by atoms with Gasteiger partial charge in [0.15, 0.2) is 0 Å². The van der Waals surface area contributed by atoms with Crippen LogP contribution in [-0.2, 0) is 22.6 Å². The molecular formula is C32H38N2O6. The first-order valence-corrected chi connectivity index (χ1v) is 13.6.